The number of alkyl carbamates (subject to hydrolysis) is 1. The number of nitrogens with one attached hydrogen (secondary N) is 2. The van der Waals surface area contributed by atoms with Crippen molar-refractivity contribution in [2.75, 3.05) is 0 Å². The topological polar surface area (TPSA) is 74.3 Å². The van der Waals surface area contributed by atoms with E-state index in [1.807, 2.05) is 24.3 Å². The third-order valence-electron chi connectivity index (χ3n) is 3.16. The molecule has 0 fully saturated rings. The molecule has 2 rings (SSSR count). The van der Waals surface area contributed by atoms with E-state index in [1.54, 1.807) is 33.9 Å². The van der Waals surface area contributed by atoms with E-state index in [1.165, 1.54) is 0 Å². The number of para-hydroxylation sites is 1. The highest BCUT2D eigenvalue weighted by atomic mass is 16.6. The number of aromatic amines is 1. The van der Waals surface area contributed by atoms with Gasteiger partial charge in [0.1, 0.15) is 11.7 Å². The van der Waals surface area contributed by atoms with E-state index >= 15 is 0 Å². The third kappa shape index (κ3) is 3.76. The van der Waals surface area contributed by atoms with Crippen molar-refractivity contribution in [3.63, 3.8) is 0 Å². The summed E-state index contributed by atoms with van der Waals surface area (Å²) in [5, 5.41) is 14.0. The number of fused-ring (bicyclic) bond motifs is 1. The molecule has 2 unspecified atom stereocenters. The number of aliphatic hydroxyl groups is 1. The van der Waals surface area contributed by atoms with Crippen LogP contribution in [0.2, 0.25) is 0 Å². The Bertz CT molecular complexity index is 628. The van der Waals surface area contributed by atoms with Crippen LogP contribution < -0.4 is 5.32 Å². The number of carbonyl (C=O) groups excluding carboxylic acids is 1. The molecule has 0 saturated heterocycles. The van der Waals surface area contributed by atoms with Gasteiger partial charge in [-0.25, -0.2) is 4.79 Å². The van der Waals surface area contributed by atoms with Crippen LogP contribution in [0, 0.1) is 0 Å². The van der Waals surface area contributed by atoms with Crippen LogP contribution in [0.25, 0.3) is 10.9 Å². The van der Waals surface area contributed by atoms with Crippen molar-refractivity contribution in [1.29, 1.82) is 0 Å². The van der Waals surface area contributed by atoms with Crippen molar-refractivity contribution in [3.8, 4) is 0 Å². The largest absolute Gasteiger partial charge is 0.444 e. The summed E-state index contributed by atoms with van der Waals surface area (Å²) >= 11 is 0. The van der Waals surface area contributed by atoms with Crippen LogP contribution in [0.5, 0.6) is 0 Å². The average molecular weight is 290 g/mol. The highest BCUT2D eigenvalue weighted by Crippen LogP contribution is 2.26. The summed E-state index contributed by atoms with van der Waals surface area (Å²) in [4.78, 5) is 14.9. The predicted molar refractivity (Wildman–Crippen MR) is 82.1 cm³/mol. The molecule has 5 heteroatoms. The van der Waals surface area contributed by atoms with E-state index in [0.29, 0.717) is 0 Å². The number of ether oxygens (including phenoxy) is 1. The molecule has 2 aromatic rings. The normalized spacial score (nSPS) is 14.7. The van der Waals surface area contributed by atoms with Gasteiger partial charge in [0, 0.05) is 22.7 Å². The molecular weight excluding hydrogens is 268 g/mol. The van der Waals surface area contributed by atoms with Gasteiger partial charge in [0.25, 0.3) is 0 Å². The van der Waals surface area contributed by atoms with E-state index in [4.69, 9.17) is 4.74 Å². The Labute approximate surface area is 124 Å². The molecule has 5 nitrogen and oxygen atoms in total. The maximum absolute atomic E-state index is 11.8. The molecule has 0 spiro atoms. The average Bonchev–Trinajstić information content (AvgIpc) is 2.79. The fourth-order valence-corrected chi connectivity index (χ4v) is 2.18. The molecule has 1 aromatic carbocycles. The molecule has 114 valence electrons. The van der Waals surface area contributed by atoms with Crippen LogP contribution in [0.1, 0.15) is 39.4 Å². The minimum absolute atomic E-state index is 0.459. The lowest BCUT2D eigenvalue weighted by Crippen LogP contribution is -2.40. The second-order valence-corrected chi connectivity index (χ2v) is 6.17. The van der Waals surface area contributed by atoms with Crippen LogP contribution in [-0.4, -0.2) is 27.8 Å². The summed E-state index contributed by atoms with van der Waals surface area (Å²) in [5.74, 6) is 0. The number of rotatable bonds is 3. The Kier molecular flexibility index (Phi) is 4.23. The number of benzene rings is 1. The van der Waals surface area contributed by atoms with Gasteiger partial charge in [0.15, 0.2) is 0 Å². The second kappa shape index (κ2) is 5.77. The molecule has 0 aliphatic rings. The second-order valence-electron chi connectivity index (χ2n) is 6.17. The van der Waals surface area contributed by atoms with Gasteiger partial charge in [0.2, 0.25) is 0 Å². The Balaban J connectivity index is 2.09. The minimum atomic E-state index is -0.811. The van der Waals surface area contributed by atoms with Crippen LogP contribution in [-0.2, 0) is 4.74 Å². The first kappa shape index (κ1) is 15.4. The van der Waals surface area contributed by atoms with Crippen molar-refractivity contribution in [2.45, 2.75) is 45.4 Å². The molecule has 0 bridgehead atoms. The predicted octanol–water partition coefficient (Wildman–Crippen LogP) is 3.11. The lowest BCUT2D eigenvalue weighted by atomic mass is 10.0. The molecule has 1 amide bonds. The molecule has 1 aromatic heterocycles. The van der Waals surface area contributed by atoms with E-state index in [2.05, 4.69) is 10.3 Å². The first-order valence-electron chi connectivity index (χ1n) is 7.01. The van der Waals surface area contributed by atoms with Crippen LogP contribution in [0.3, 0.4) is 0 Å². The molecule has 0 radical (unpaired) electrons. The van der Waals surface area contributed by atoms with Gasteiger partial charge in [-0.05, 0) is 33.8 Å². The molecule has 0 aliphatic heterocycles. The minimum Gasteiger partial charge on any atom is -0.444 e. The molecular formula is C16H22N2O3. The summed E-state index contributed by atoms with van der Waals surface area (Å²) in [5.41, 5.74) is 1.15. The lowest BCUT2D eigenvalue weighted by Gasteiger charge is -2.24. The van der Waals surface area contributed by atoms with Crippen LogP contribution in [0.15, 0.2) is 30.5 Å². The first-order chi connectivity index (χ1) is 9.78. The van der Waals surface area contributed by atoms with Crippen LogP contribution in [0.4, 0.5) is 4.79 Å². The Morgan fingerprint density at radius 1 is 1.33 bits per heavy atom. The van der Waals surface area contributed by atoms with Crippen molar-refractivity contribution in [3.05, 3.63) is 36.0 Å². The number of carbonyl (C=O) groups is 1. The Morgan fingerprint density at radius 2 is 2.00 bits per heavy atom. The molecule has 0 saturated carbocycles. The highest BCUT2D eigenvalue weighted by molar-refractivity contribution is 5.83. The summed E-state index contributed by atoms with van der Waals surface area (Å²) in [7, 11) is 0. The van der Waals surface area contributed by atoms with Crippen molar-refractivity contribution in [1.82, 2.24) is 10.3 Å². The summed E-state index contributed by atoms with van der Waals surface area (Å²) in [6, 6.07) is 7.26. The van der Waals surface area contributed by atoms with E-state index < -0.39 is 23.8 Å². The Morgan fingerprint density at radius 3 is 2.67 bits per heavy atom. The maximum atomic E-state index is 11.8. The zero-order valence-corrected chi connectivity index (χ0v) is 12.8. The fraction of sp³-hybridized carbons (Fsp3) is 0.438. The van der Waals surface area contributed by atoms with Gasteiger partial charge < -0.3 is 20.1 Å². The molecule has 0 aliphatic carbocycles. The monoisotopic (exact) mass is 290 g/mol. The van der Waals surface area contributed by atoms with Gasteiger partial charge in [-0.1, -0.05) is 18.2 Å². The molecule has 3 N–H and O–H groups in total. The number of aliphatic hydroxyl groups excluding tert-OH is 1. The number of hydrogen-bond donors (Lipinski definition) is 3. The van der Waals surface area contributed by atoms with Gasteiger partial charge in [0.05, 0.1) is 6.04 Å². The standard InChI is InChI=1S/C16H22N2O3/c1-10(18-15(20)21-16(2,3)4)14(19)12-9-17-13-8-6-5-7-11(12)13/h5-10,14,17,19H,1-4H3,(H,18,20). The molecule has 21 heavy (non-hydrogen) atoms. The lowest BCUT2D eigenvalue weighted by molar-refractivity contribution is 0.0437. The number of aromatic nitrogens is 1. The summed E-state index contributed by atoms with van der Waals surface area (Å²) < 4.78 is 5.19. The quantitative estimate of drug-likeness (QED) is 0.813. The van der Waals surface area contributed by atoms with E-state index in [-0.39, 0.29) is 0 Å². The zero-order valence-electron chi connectivity index (χ0n) is 12.8. The van der Waals surface area contributed by atoms with Crippen molar-refractivity contribution in [2.24, 2.45) is 0 Å². The SMILES string of the molecule is CC(NC(=O)OC(C)(C)C)C(O)c1c[nH]c2ccccc12. The van der Waals surface area contributed by atoms with Crippen LogP contribution >= 0.6 is 0 Å². The van der Waals surface area contributed by atoms with E-state index in [0.717, 1.165) is 16.5 Å². The Hall–Kier alpha value is -2.01. The zero-order chi connectivity index (χ0) is 15.6. The van der Waals surface area contributed by atoms with Gasteiger partial charge >= 0.3 is 6.09 Å². The van der Waals surface area contributed by atoms with Crippen molar-refractivity contribution >= 4 is 17.0 Å². The molecule has 2 atom stereocenters. The molecule has 1 heterocycles. The maximum Gasteiger partial charge on any atom is 0.407 e. The number of H-pyrrole nitrogens is 1. The summed E-state index contributed by atoms with van der Waals surface area (Å²) in [6.07, 6.45) is 0.422. The fourth-order valence-electron chi connectivity index (χ4n) is 2.18. The number of amides is 1. The van der Waals surface area contributed by atoms with Crippen molar-refractivity contribution < 1.29 is 14.6 Å². The van der Waals surface area contributed by atoms with Gasteiger partial charge in [-0.2, -0.15) is 0 Å². The highest BCUT2D eigenvalue weighted by Gasteiger charge is 2.24. The van der Waals surface area contributed by atoms with Gasteiger partial charge in [-0.3, -0.25) is 0 Å². The third-order valence-corrected chi connectivity index (χ3v) is 3.16. The van der Waals surface area contributed by atoms with E-state index in [9.17, 15) is 9.90 Å². The first-order valence-corrected chi connectivity index (χ1v) is 7.01. The smallest absolute Gasteiger partial charge is 0.407 e. The number of hydrogen-bond acceptors (Lipinski definition) is 3. The summed E-state index contributed by atoms with van der Waals surface area (Å²) in [6.45, 7) is 7.14. The van der Waals surface area contributed by atoms with Gasteiger partial charge in [-0.15, -0.1) is 0 Å².